The highest BCUT2D eigenvalue weighted by atomic mass is 16.5. The molecule has 2 heterocycles. The molecular weight excluding hydrogens is 162 g/mol. The molecule has 0 radical (unpaired) electrons. The summed E-state index contributed by atoms with van der Waals surface area (Å²) >= 11 is 0. The van der Waals surface area contributed by atoms with Crippen LogP contribution in [0.5, 0.6) is 0 Å². The van der Waals surface area contributed by atoms with Crippen molar-refractivity contribution in [2.75, 3.05) is 13.2 Å². The average molecular weight is 183 g/mol. The van der Waals surface area contributed by atoms with Gasteiger partial charge in [-0.15, -0.1) is 0 Å². The maximum absolute atomic E-state index is 5.89. The molecule has 0 amide bonds. The Hall–Kier alpha value is -0.0800. The molecule has 2 bridgehead atoms. The molecule has 2 aliphatic rings. The van der Waals surface area contributed by atoms with Gasteiger partial charge in [0.2, 0.25) is 0 Å². The summed E-state index contributed by atoms with van der Waals surface area (Å²) in [5.41, 5.74) is 0.0667. The first-order valence-corrected chi connectivity index (χ1v) is 5.40. The van der Waals surface area contributed by atoms with E-state index in [9.17, 15) is 0 Å². The van der Waals surface area contributed by atoms with Gasteiger partial charge in [0.1, 0.15) is 0 Å². The van der Waals surface area contributed by atoms with Crippen LogP contribution in [0.2, 0.25) is 0 Å². The first-order valence-electron chi connectivity index (χ1n) is 5.40. The summed E-state index contributed by atoms with van der Waals surface area (Å²) in [6.07, 6.45) is 1.34. The van der Waals surface area contributed by atoms with Gasteiger partial charge in [0.25, 0.3) is 0 Å². The molecule has 0 aliphatic carbocycles. The van der Waals surface area contributed by atoms with Crippen LogP contribution in [0.3, 0.4) is 0 Å². The molecular formula is C11H21NO. The standard InChI is InChI=1S/C11H21NO/c1-8(2)12-6-9-5-10(12)11(3,4)13-7-9/h8-10H,5-7H2,1-4H3. The third-order valence-electron chi connectivity index (χ3n) is 3.58. The summed E-state index contributed by atoms with van der Waals surface area (Å²) in [6.45, 7) is 11.2. The zero-order valence-electron chi connectivity index (χ0n) is 9.21. The minimum absolute atomic E-state index is 0.0667. The van der Waals surface area contributed by atoms with Crippen molar-refractivity contribution in [2.45, 2.75) is 51.8 Å². The highest BCUT2D eigenvalue weighted by molar-refractivity contribution is 5.00. The minimum Gasteiger partial charge on any atom is -0.374 e. The lowest BCUT2D eigenvalue weighted by molar-refractivity contribution is -0.0914. The van der Waals surface area contributed by atoms with Gasteiger partial charge in [-0.05, 0) is 40.0 Å². The van der Waals surface area contributed by atoms with Crippen LogP contribution in [0.25, 0.3) is 0 Å². The molecule has 0 aromatic rings. The van der Waals surface area contributed by atoms with Crippen LogP contribution in [0.4, 0.5) is 0 Å². The number of fused-ring (bicyclic) bond motifs is 2. The third-order valence-corrected chi connectivity index (χ3v) is 3.58. The second-order valence-electron chi connectivity index (χ2n) is 5.32. The Morgan fingerprint density at radius 3 is 2.69 bits per heavy atom. The Morgan fingerprint density at radius 2 is 2.08 bits per heavy atom. The summed E-state index contributed by atoms with van der Waals surface area (Å²) in [7, 11) is 0. The fourth-order valence-corrected chi connectivity index (χ4v) is 2.75. The normalized spacial score (nSPS) is 38.5. The Labute approximate surface area is 81.3 Å². The molecule has 0 aromatic heterocycles. The van der Waals surface area contributed by atoms with Gasteiger partial charge in [-0.1, -0.05) is 0 Å². The van der Waals surface area contributed by atoms with Crippen molar-refractivity contribution in [3.63, 3.8) is 0 Å². The van der Waals surface area contributed by atoms with Crippen LogP contribution >= 0.6 is 0 Å². The molecule has 0 aromatic carbocycles. The van der Waals surface area contributed by atoms with Gasteiger partial charge in [-0.25, -0.2) is 0 Å². The zero-order chi connectivity index (χ0) is 9.64. The van der Waals surface area contributed by atoms with E-state index in [1.165, 1.54) is 13.0 Å². The lowest BCUT2D eigenvalue weighted by Gasteiger charge is -2.40. The Morgan fingerprint density at radius 1 is 1.38 bits per heavy atom. The largest absolute Gasteiger partial charge is 0.374 e. The van der Waals surface area contributed by atoms with Crippen LogP contribution in [0, 0.1) is 5.92 Å². The fourth-order valence-electron chi connectivity index (χ4n) is 2.75. The van der Waals surface area contributed by atoms with Crippen molar-refractivity contribution in [1.29, 1.82) is 0 Å². The van der Waals surface area contributed by atoms with Gasteiger partial charge < -0.3 is 4.74 Å². The van der Waals surface area contributed by atoms with E-state index in [1.807, 2.05) is 0 Å². The number of rotatable bonds is 1. The summed E-state index contributed by atoms with van der Waals surface area (Å²) in [4.78, 5) is 2.61. The van der Waals surface area contributed by atoms with Crippen molar-refractivity contribution in [3.8, 4) is 0 Å². The van der Waals surface area contributed by atoms with Crippen molar-refractivity contribution in [3.05, 3.63) is 0 Å². The number of hydrogen-bond acceptors (Lipinski definition) is 2. The van der Waals surface area contributed by atoms with E-state index in [0.717, 1.165) is 12.5 Å². The molecule has 2 atom stereocenters. The van der Waals surface area contributed by atoms with Crippen LogP contribution < -0.4 is 0 Å². The summed E-state index contributed by atoms with van der Waals surface area (Å²) in [5, 5.41) is 0. The van der Waals surface area contributed by atoms with E-state index in [0.29, 0.717) is 12.1 Å². The molecule has 2 rings (SSSR count). The third kappa shape index (κ3) is 1.50. The minimum atomic E-state index is 0.0667. The van der Waals surface area contributed by atoms with Crippen LogP contribution in [-0.2, 0) is 4.74 Å². The number of likely N-dealkylation sites (tertiary alicyclic amines) is 1. The van der Waals surface area contributed by atoms with E-state index < -0.39 is 0 Å². The highest BCUT2D eigenvalue weighted by Crippen LogP contribution is 2.38. The first-order chi connectivity index (χ1) is 6.00. The molecule has 2 nitrogen and oxygen atoms in total. The SMILES string of the molecule is CC(C)N1CC2COC(C)(C)C1C2. The maximum atomic E-state index is 5.89. The summed E-state index contributed by atoms with van der Waals surface area (Å²) in [6, 6.07) is 1.31. The molecule has 0 saturated carbocycles. The van der Waals surface area contributed by atoms with Crippen molar-refractivity contribution in [2.24, 2.45) is 5.92 Å². The van der Waals surface area contributed by atoms with Crippen LogP contribution in [0.1, 0.15) is 34.1 Å². The fraction of sp³-hybridized carbons (Fsp3) is 1.00. The second kappa shape index (κ2) is 2.96. The van der Waals surface area contributed by atoms with Crippen LogP contribution in [0.15, 0.2) is 0 Å². The van der Waals surface area contributed by atoms with Gasteiger partial charge in [0, 0.05) is 18.6 Å². The maximum Gasteiger partial charge on any atom is 0.0781 e. The van der Waals surface area contributed by atoms with E-state index in [1.54, 1.807) is 0 Å². The van der Waals surface area contributed by atoms with E-state index in [-0.39, 0.29) is 5.60 Å². The molecule has 0 spiro atoms. The topological polar surface area (TPSA) is 12.5 Å². The predicted molar refractivity (Wildman–Crippen MR) is 53.8 cm³/mol. The van der Waals surface area contributed by atoms with Gasteiger partial charge in [-0.2, -0.15) is 0 Å². The molecule has 2 saturated heterocycles. The molecule has 2 unspecified atom stereocenters. The highest BCUT2D eigenvalue weighted by Gasteiger charge is 2.47. The summed E-state index contributed by atoms with van der Waals surface area (Å²) in [5.74, 6) is 0.792. The molecule has 2 heteroatoms. The zero-order valence-corrected chi connectivity index (χ0v) is 9.21. The lowest BCUT2D eigenvalue weighted by Crippen LogP contribution is -2.50. The molecule has 76 valence electrons. The van der Waals surface area contributed by atoms with Gasteiger partial charge in [0.05, 0.1) is 12.2 Å². The smallest absolute Gasteiger partial charge is 0.0781 e. The number of nitrogens with zero attached hydrogens (tertiary/aromatic N) is 1. The van der Waals surface area contributed by atoms with Gasteiger partial charge in [0.15, 0.2) is 0 Å². The van der Waals surface area contributed by atoms with Crippen molar-refractivity contribution < 1.29 is 4.74 Å². The monoisotopic (exact) mass is 183 g/mol. The molecule has 2 aliphatic heterocycles. The lowest BCUT2D eigenvalue weighted by atomic mass is 9.90. The molecule has 13 heavy (non-hydrogen) atoms. The quantitative estimate of drug-likeness (QED) is 0.615. The summed E-state index contributed by atoms with van der Waals surface area (Å²) < 4.78 is 5.89. The first kappa shape index (κ1) is 9.47. The van der Waals surface area contributed by atoms with E-state index in [2.05, 4.69) is 32.6 Å². The Balaban J connectivity index is 2.17. The molecule has 2 fully saturated rings. The van der Waals surface area contributed by atoms with Crippen molar-refractivity contribution >= 4 is 0 Å². The number of ether oxygens (including phenoxy) is 1. The second-order valence-corrected chi connectivity index (χ2v) is 5.32. The van der Waals surface area contributed by atoms with Crippen LogP contribution in [-0.4, -0.2) is 35.7 Å². The average Bonchev–Trinajstić information content (AvgIpc) is 2.40. The Bertz CT molecular complexity index is 198. The van der Waals surface area contributed by atoms with E-state index >= 15 is 0 Å². The number of hydrogen-bond donors (Lipinski definition) is 0. The Kier molecular flexibility index (Phi) is 2.16. The van der Waals surface area contributed by atoms with Crippen molar-refractivity contribution in [1.82, 2.24) is 4.90 Å². The van der Waals surface area contributed by atoms with E-state index in [4.69, 9.17) is 4.74 Å². The van der Waals surface area contributed by atoms with Gasteiger partial charge in [-0.3, -0.25) is 4.90 Å². The molecule has 0 N–H and O–H groups in total. The predicted octanol–water partition coefficient (Wildman–Crippen LogP) is 1.89. The van der Waals surface area contributed by atoms with Gasteiger partial charge >= 0.3 is 0 Å².